The van der Waals surface area contributed by atoms with Gasteiger partial charge in [-0.25, -0.2) is 9.37 Å². The van der Waals surface area contributed by atoms with Crippen molar-refractivity contribution in [2.45, 2.75) is 0 Å². The Morgan fingerprint density at radius 3 is 2.67 bits per heavy atom. The number of benzene rings is 4. The van der Waals surface area contributed by atoms with Gasteiger partial charge in [-0.05, 0) is 64.5 Å². The van der Waals surface area contributed by atoms with Crippen LogP contribution >= 0.6 is 27.5 Å². The molecular weight excluding hydrogens is 627 g/mol. The molecule has 2 heterocycles. The van der Waals surface area contributed by atoms with Crippen molar-refractivity contribution in [1.82, 2.24) is 9.66 Å². The number of carbonyl (C=O) groups is 1. The summed E-state index contributed by atoms with van der Waals surface area (Å²) in [5.74, 6) is -0.365. The number of furan rings is 1. The van der Waals surface area contributed by atoms with Crippen LogP contribution in [0.25, 0.3) is 33.5 Å². The van der Waals surface area contributed by atoms with Crippen molar-refractivity contribution in [3.8, 4) is 17.3 Å². The fraction of sp³-hybridized carbons (Fsp3) is 0.0323. The van der Waals surface area contributed by atoms with Crippen LogP contribution in [0.5, 0.6) is 5.75 Å². The van der Waals surface area contributed by atoms with Gasteiger partial charge in [-0.15, -0.1) is 0 Å². The fourth-order valence-electron chi connectivity index (χ4n) is 4.32. The second-order valence-corrected chi connectivity index (χ2v) is 10.4. The fourth-order valence-corrected chi connectivity index (χ4v) is 5.27. The Labute approximate surface area is 251 Å². The summed E-state index contributed by atoms with van der Waals surface area (Å²) < 4.78 is 27.3. The molecule has 208 valence electrons. The lowest BCUT2D eigenvalue weighted by atomic mass is 10.2. The van der Waals surface area contributed by atoms with Crippen molar-refractivity contribution >= 4 is 67.2 Å². The summed E-state index contributed by atoms with van der Waals surface area (Å²) in [4.78, 5) is 30.8. The van der Waals surface area contributed by atoms with Crippen LogP contribution in [-0.2, 0) is 4.79 Å². The number of rotatable bonds is 7. The van der Waals surface area contributed by atoms with Gasteiger partial charge in [0.15, 0.2) is 12.4 Å². The van der Waals surface area contributed by atoms with Gasteiger partial charge in [-0.1, -0.05) is 54.1 Å². The number of carbonyl (C=O) groups excluding carboxylic acids is 1. The summed E-state index contributed by atoms with van der Waals surface area (Å²) in [6, 6.07) is 25.1. The third-order valence-electron chi connectivity index (χ3n) is 6.24. The summed E-state index contributed by atoms with van der Waals surface area (Å²) >= 11 is 9.72. The molecule has 0 fully saturated rings. The van der Waals surface area contributed by atoms with Crippen molar-refractivity contribution in [2.75, 3.05) is 11.9 Å². The Balaban J connectivity index is 1.38. The largest absolute Gasteiger partial charge is 0.482 e. The first-order valence-electron chi connectivity index (χ1n) is 12.6. The van der Waals surface area contributed by atoms with E-state index in [2.05, 4.69) is 31.3 Å². The topological polar surface area (TPSA) is 98.7 Å². The summed E-state index contributed by atoms with van der Waals surface area (Å²) in [7, 11) is 0. The van der Waals surface area contributed by atoms with Gasteiger partial charge in [-0.3, -0.25) is 9.59 Å². The minimum atomic E-state index is -0.577. The molecule has 11 heteroatoms. The molecule has 6 aromatic rings. The molecule has 0 radical (unpaired) electrons. The first-order chi connectivity index (χ1) is 20.4. The quantitative estimate of drug-likeness (QED) is 0.184. The first kappa shape index (κ1) is 27.4. The van der Waals surface area contributed by atoms with Crippen molar-refractivity contribution in [1.29, 1.82) is 0 Å². The third kappa shape index (κ3) is 5.54. The van der Waals surface area contributed by atoms with Gasteiger partial charge in [0.05, 0.1) is 27.3 Å². The Bertz CT molecular complexity index is 2040. The molecule has 8 nitrogen and oxygen atoms in total. The molecule has 0 bridgehead atoms. The molecule has 0 spiro atoms. The number of aromatic nitrogens is 2. The summed E-state index contributed by atoms with van der Waals surface area (Å²) in [5, 5.41) is 8.50. The number of nitrogens with zero attached hydrogens (tertiary/aromatic N) is 3. The Morgan fingerprint density at radius 1 is 1.07 bits per heavy atom. The lowest BCUT2D eigenvalue weighted by molar-refractivity contribution is -0.118. The van der Waals surface area contributed by atoms with Crippen molar-refractivity contribution in [2.24, 2.45) is 5.10 Å². The minimum Gasteiger partial charge on any atom is -0.482 e. The number of fused-ring (bicyclic) bond motifs is 2. The van der Waals surface area contributed by atoms with E-state index in [9.17, 15) is 14.0 Å². The van der Waals surface area contributed by atoms with Gasteiger partial charge < -0.3 is 14.5 Å². The Morgan fingerprint density at radius 2 is 1.83 bits per heavy atom. The molecule has 0 aliphatic carbocycles. The van der Waals surface area contributed by atoms with Gasteiger partial charge in [-0.2, -0.15) is 9.78 Å². The molecule has 1 amide bonds. The summed E-state index contributed by atoms with van der Waals surface area (Å²) in [6.45, 7) is -0.433. The maximum Gasteiger partial charge on any atom is 0.282 e. The molecule has 0 unspecified atom stereocenters. The van der Waals surface area contributed by atoms with Gasteiger partial charge in [0.2, 0.25) is 5.82 Å². The number of hydrogen-bond acceptors (Lipinski definition) is 6. The second-order valence-electron chi connectivity index (χ2n) is 9.09. The molecule has 1 N–H and O–H groups in total. The highest BCUT2D eigenvalue weighted by Gasteiger charge is 2.18. The van der Waals surface area contributed by atoms with E-state index in [1.165, 1.54) is 24.4 Å². The van der Waals surface area contributed by atoms with E-state index >= 15 is 0 Å². The van der Waals surface area contributed by atoms with Gasteiger partial charge in [0.25, 0.3) is 11.5 Å². The number of ether oxygens (including phenoxy) is 1. The number of amides is 1. The number of para-hydroxylation sites is 3. The normalized spacial score (nSPS) is 11.4. The Kier molecular flexibility index (Phi) is 7.56. The van der Waals surface area contributed by atoms with Crippen molar-refractivity contribution in [3.05, 3.63) is 122 Å². The second kappa shape index (κ2) is 11.6. The van der Waals surface area contributed by atoms with Crippen LogP contribution in [0.15, 0.2) is 110 Å². The number of halogens is 3. The zero-order valence-corrected chi connectivity index (χ0v) is 23.9. The van der Waals surface area contributed by atoms with Crippen LogP contribution in [0, 0.1) is 5.82 Å². The minimum absolute atomic E-state index is 0.0318. The van der Waals surface area contributed by atoms with Crippen LogP contribution in [0.3, 0.4) is 0 Å². The zero-order valence-electron chi connectivity index (χ0n) is 21.6. The van der Waals surface area contributed by atoms with Crippen LogP contribution in [0.4, 0.5) is 10.1 Å². The van der Waals surface area contributed by atoms with Crippen LogP contribution < -0.4 is 15.6 Å². The average Bonchev–Trinajstić information content (AvgIpc) is 3.41. The molecule has 4 aromatic carbocycles. The van der Waals surface area contributed by atoms with E-state index in [1.807, 2.05) is 24.3 Å². The van der Waals surface area contributed by atoms with Crippen LogP contribution in [0.2, 0.25) is 5.02 Å². The van der Waals surface area contributed by atoms with Gasteiger partial charge in [0.1, 0.15) is 17.1 Å². The molecule has 0 aliphatic heterocycles. The number of hydrogen-bond donors (Lipinski definition) is 1. The van der Waals surface area contributed by atoms with Gasteiger partial charge in [0, 0.05) is 16.0 Å². The van der Waals surface area contributed by atoms with E-state index in [1.54, 1.807) is 48.5 Å². The SMILES string of the molecule is O=C(COc1c(Br)cc(Cl)cc1C=Nn1c(-c2cc3ccccc3o2)nc2ccccc2c1=O)Nc1ccccc1F. The summed E-state index contributed by atoms with van der Waals surface area (Å²) in [5.41, 5.74) is 1.10. The molecule has 0 atom stereocenters. The van der Waals surface area contributed by atoms with Crippen molar-refractivity contribution < 1.29 is 18.3 Å². The molecule has 0 saturated heterocycles. The van der Waals surface area contributed by atoms with Crippen molar-refractivity contribution in [3.63, 3.8) is 0 Å². The number of nitrogens with one attached hydrogen (secondary N) is 1. The highest BCUT2D eigenvalue weighted by Crippen LogP contribution is 2.32. The van der Waals surface area contributed by atoms with Gasteiger partial charge >= 0.3 is 0 Å². The highest BCUT2D eigenvalue weighted by atomic mass is 79.9. The monoisotopic (exact) mass is 644 g/mol. The third-order valence-corrected chi connectivity index (χ3v) is 7.05. The molecule has 0 aliphatic rings. The Hall–Kier alpha value is -4.80. The number of anilines is 1. The molecular formula is C31H19BrClFN4O4. The predicted octanol–water partition coefficient (Wildman–Crippen LogP) is 7.26. The standard InChI is InChI=1S/C31H19BrClFN4O4/c32-22-15-20(33)13-19(29(22)41-17-28(39)36-25-11-5-3-9-23(25)34)16-35-38-30(27-14-18-7-1-6-12-26(18)42-27)37-24-10-4-2-8-21(24)31(38)40/h1-16H,17H2,(H,36,39). The van der Waals surface area contributed by atoms with Crippen LogP contribution in [0.1, 0.15) is 5.56 Å². The maximum atomic E-state index is 14.0. The smallest absolute Gasteiger partial charge is 0.282 e. The van der Waals surface area contributed by atoms with E-state index in [0.29, 0.717) is 37.3 Å². The maximum absolute atomic E-state index is 14.0. The summed E-state index contributed by atoms with van der Waals surface area (Å²) in [6.07, 6.45) is 1.38. The van der Waals surface area contributed by atoms with E-state index in [-0.39, 0.29) is 17.3 Å². The molecule has 2 aromatic heterocycles. The molecule has 42 heavy (non-hydrogen) atoms. The lowest BCUT2D eigenvalue weighted by Gasteiger charge is -2.13. The first-order valence-corrected chi connectivity index (χ1v) is 13.8. The predicted molar refractivity (Wildman–Crippen MR) is 164 cm³/mol. The van der Waals surface area contributed by atoms with Crippen LogP contribution in [-0.4, -0.2) is 28.4 Å². The lowest BCUT2D eigenvalue weighted by Crippen LogP contribution is -2.21. The zero-order chi connectivity index (χ0) is 29.2. The van der Waals surface area contributed by atoms with E-state index in [0.717, 1.165) is 10.1 Å². The molecule has 0 saturated carbocycles. The average molecular weight is 646 g/mol. The van der Waals surface area contributed by atoms with E-state index < -0.39 is 23.9 Å². The van der Waals surface area contributed by atoms with E-state index in [4.69, 9.17) is 20.8 Å². The molecule has 6 rings (SSSR count). The highest BCUT2D eigenvalue weighted by molar-refractivity contribution is 9.10.